The summed E-state index contributed by atoms with van der Waals surface area (Å²) >= 11 is 0. The van der Waals surface area contributed by atoms with E-state index in [0.29, 0.717) is 65.4 Å². The van der Waals surface area contributed by atoms with Crippen LogP contribution in [-0.2, 0) is 73.1 Å². The van der Waals surface area contributed by atoms with E-state index < -0.39 is 70.7 Å². The van der Waals surface area contributed by atoms with Gasteiger partial charge in [-0.05, 0) is 46.0 Å². The standard InChI is InChI=1S/C45H73F4N5O15/c1-4-33-40(46)42(48)43(49)44(41(33)47)69-39(59)14-20-65-26-28-67-30-31-68-29-27-66-21-17-52-38(58)32-53-45(60)34(10-7-8-15-50-35(55)12-18-63-24-22-61-5-2)54-37(57)11-9-16-51-36(56)13-19-64-25-23-62-6-3/h34H,4-32H2,1-3H3,(H,50,55)(H,51,56)(H,52,58)(H,53,60)(H,54,57)/t34-/m0/s1. The maximum Gasteiger partial charge on any atom is 0.313 e. The molecule has 1 atom stereocenters. The molecule has 0 fully saturated rings. The van der Waals surface area contributed by atoms with Gasteiger partial charge in [0.15, 0.2) is 17.5 Å². The molecule has 5 N–H and O–H groups in total. The number of carbonyl (C=O) groups excluding carboxylic acids is 6. The largest absolute Gasteiger partial charge is 0.420 e. The van der Waals surface area contributed by atoms with Gasteiger partial charge in [-0.25, -0.2) is 13.2 Å². The lowest BCUT2D eigenvalue weighted by atomic mass is 10.1. The number of rotatable bonds is 44. The molecule has 0 aromatic heterocycles. The van der Waals surface area contributed by atoms with Gasteiger partial charge in [-0.1, -0.05) is 6.92 Å². The van der Waals surface area contributed by atoms with E-state index in [1.165, 1.54) is 6.92 Å². The van der Waals surface area contributed by atoms with E-state index in [-0.39, 0.29) is 130 Å². The molecule has 1 aromatic rings. The van der Waals surface area contributed by atoms with Crippen LogP contribution in [0, 0.1) is 23.3 Å². The highest BCUT2D eigenvalue weighted by molar-refractivity contribution is 5.90. The first-order chi connectivity index (χ1) is 33.4. The van der Waals surface area contributed by atoms with Gasteiger partial charge in [-0.3, -0.25) is 28.8 Å². The number of carbonyl (C=O) groups is 6. The average Bonchev–Trinajstić information content (AvgIpc) is 3.33. The second-order valence-corrected chi connectivity index (χ2v) is 14.7. The van der Waals surface area contributed by atoms with Crippen molar-refractivity contribution < 1.29 is 89.0 Å². The fourth-order valence-electron chi connectivity index (χ4n) is 5.70. The molecule has 396 valence electrons. The fourth-order valence-corrected chi connectivity index (χ4v) is 5.70. The number of unbranched alkanes of at least 4 members (excludes halogenated alkanes) is 1. The molecule has 0 aliphatic carbocycles. The Morgan fingerprint density at radius 1 is 0.449 bits per heavy atom. The van der Waals surface area contributed by atoms with E-state index in [0.717, 1.165) is 0 Å². The lowest BCUT2D eigenvalue weighted by Crippen LogP contribution is -2.49. The van der Waals surface area contributed by atoms with Crippen LogP contribution in [0.2, 0.25) is 0 Å². The van der Waals surface area contributed by atoms with Crippen molar-refractivity contribution in [3.8, 4) is 5.75 Å². The molecule has 5 amide bonds. The van der Waals surface area contributed by atoms with Crippen molar-refractivity contribution in [2.75, 3.05) is 132 Å². The van der Waals surface area contributed by atoms with Gasteiger partial charge < -0.3 is 69.2 Å². The molecule has 0 heterocycles. The molecule has 0 unspecified atom stereocenters. The summed E-state index contributed by atoms with van der Waals surface area (Å²) in [5.74, 6) is -11.3. The summed E-state index contributed by atoms with van der Waals surface area (Å²) in [6.07, 6.45) is 1.29. The van der Waals surface area contributed by atoms with Crippen molar-refractivity contribution in [2.45, 2.75) is 84.6 Å². The third-order valence-corrected chi connectivity index (χ3v) is 9.34. The monoisotopic (exact) mass is 1000 g/mol. The van der Waals surface area contributed by atoms with Gasteiger partial charge in [-0.2, -0.15) is 4.39 Å². The van der Waals surface area contributed by atoms with Crippen LogP contribution < -0.4 is 31.3 Å². The molecule has 0 aliphatic rings. The summed E-state index contributed by atoms with van der Waals surface area (Å²) in [6.45, 7) is 9.95. The van der Waals surface area contributed by atoms with Crippen molar-refractivity contribution in [3.05, 3.63) is 28.8 Å². The average molecular weight is 1000 g/mol. The quantitative estimate of drug-likeness (QED) is 0.0157. The van der Waals surface area contributed by atoms with Crippen molar-refractivity contribution in [1.82, 2.24) is 26.6 Å². The van der Waals surface area contributed by atoms with Gasteiger partial charge in [-0.15, -0.1) is 0 Å². The Bertz CT molecular complexity index is 1640. The van der Waals surface area contributed by atoms with E-state index in [1.54, 1.807) is 0 Å². The van der Waals surface area contributed by atoms with Gasteiger partial charge in [0.1, 0.15) is 6.04 Å². The van der Waals surface area contributed by atoms with Crippen molar-refractivity contribution in [3.63, 3.8) is 0 Å². The second-order valence-electron chi connectivity index (χ2n) is 14.7. The third-order valence-electron chi connectivity index (χ3n) is 9.34. The summed E-state index contributed by atoms with van der Waals surface area (Å²) in [5.41, 5.74) is -0.737. The van der Waals surface area contributed by atoms with E-state index in [2.05, 4.69) is 31.3 Å². The van der Waals surface area contributed by atoms with Gasteiger partial charge >= 0.3 is 5.97 Å². The molecular formula is C45H73F4N5O15. The van der Waals surface area contributed by atoms with Crippen molar-refractivity contribution in [2.24, 2.45) is 0 Å². The van der Waals surface area contributed by atoms with Crippen molar-refractivity contribution in [1.29, 1.82) is 0 Å². The molecular weight excluding hydrogens is 927 g/mol. The summed E-state index contributed by atoms with van der Waals surface area (Å²) in [7, 11) is 0. The molecule has 24 heteroatoms. The van der Waals surface area contributed by atoms with Gasteiger partial charge in [0, 0.05) is 57.7 Å². The van der Waals surface area contributed by atoms with E-state index in [9.17, 15) is 46.3 Å². The summed E-state index contributed by atoms with van der Waals surface area (Å²) in [5, 5.41) is 13.4. The van der Waals surface area contributed by atoms with E-state index in [4.69, 9.17) is 37.9 Å². The number of nitrogens with one attached hydrogen (secondary N) is 5. The molecule has 0 spiro atoms. The molecule has 20 nitrogen and oxygen atoms in total. The SMILES string of the molecule is CCOCCOCCC(=O)NCCCC[C@H](NC(=O)CCCNC(=O)CCOCCOCC)C(=O)NCC(=O)NCCOCCOCCOCCOCCC(=O)Oc1c(F)c(F)c(F)c(CC)c1F. The molecule has 1 rings (SSSR count). The Balaban J connectivity index is 2.28. The Kier molecular flexibility index (Phi) is 37.3. The molecule has 69 heavy (non-hydrogen) atoms. The van der Waals surface area contributed by atoms with Crippen LogP contribution >= 0.6 is 0 Å². The lowest BCUT2D eigenvalue weighted by molar-refractivity contribution is -0.136. The first-order valence-corrected chi connectivity index (χ1v) is 23.4. The first-order valence-electron chi connectivity index (χ1n) is 23.4. The van der Waals surface area contributed by atoms with Crippen LogP contribution in [0.3, 0.4) is 0 Å². The minimum absolute atomic E-state index is 0.0439. The summed E-state index contributed by atoms with van der Waals surface area (Å²) in [4.78, 5) is 74.5. The zero-order valence-corrected chi connectivity index (χ0v) is 40.2. The van der Waals surface area contributed by atoms with Crippen LogP contribution in [0.1, 0.15) is 77.7 Å². The van der Waals surface area contributed by atoms with Crippen molar-refractivity contribution >= 4 is 35.5 Å². The van der Waals surface area contributed by atoms with E-state index >= 15 is 0 Å². The highest BCUT2D eigenvalue weighted by Crippen LogP contribution is 2.30. The Morgan fingerprint density at radius 3 is 1.46 bits per heavy atom. The maximum absolute atomic E-state index is 14.3. The zero-order valence-electron chi connectivity index (χ0n) is 40.2. The zero-order chi connectivity index (χ0) is 50.9. The van der Waals surface area contributed by atoms with Crippen LogP contribution in [0.4, 0.5) is 17.6 Å². The third kappa shape index (κ3) is 31.3. The van der Waals surface area contributed by atoms with Gasteiger partial charge in [0.05, 0.1) is 105 Å². The Labute approximate surface area is 401 Å². The number of esters is 1. The second kappa shape index (κ2) is 41.2. The van der Waals surface area contributed by atoms with Crippen LogP contribution in [0.15, 0.2) is 0 Å². The number of halogens is 4. The highest BCUT2D eigenvalue weighted by atomic mass is 19.2. The van der Waals surface area contributed by atoms with Gasteiger partial charge in [0.25, 0.3) is 0 Å². The molecule has 0 saturated heterocycles. The number of benzene rings is 1. The maximum atomic E-state index is 14.3. The Hall–Kier alpha value is -4.56. The van der Waals surface area contributed by atoms with Crippen LogP contribution in [-0.4, -0.2) is 173 Å². The minimum atomic E-state index is -1.93. The Morgan fingerprint density at radius 2 is 0.928 bits per heavy atom. The topological polar surface area (TPSA) is 246 Å². The summed E-state index contributed by atoms with van der Waals surface area (Å²) in [6, 6.07) is -0.948. The predicted molar refractivity (Wildman–Crippen MR) is 240 cm³/mol. The van der Waals surface area contributed by atoms with Crippen LogP contribution in [0.5, 0.6) is 5.75 Å². The minimum Gasteiger partial charge on any atom is -0.420 e. The lowest BCUT2D eigenvalue weighted by Gasteiger charge is -2.19. The molecule has 1 aromatic carbocycles. The molecule has 0 radical (unpaired) electrons. The number of ether oxygens (including phenoxy) is 9. The predicted octanol–water partition coefficient (Wildman–Crippen LogP) is 1.95. The molecule has 0 aliphatic heterocycles. The number of hydrogen-bond acceptors (Lipinski definition) is 15. The number of hydrogen-bond donors (Lipinski definition) is 5. The smallest absolute Gasteiger partial charge is 0.313 e. The first kappa shape index (κ1) is 62.5. The normalized spacial score (nSPS) is 11.5. The summed E-state index contributed by atoms with van der Waals surface area (Å²) < 4.78 is 103. The fraction of sp³-hybridized carbons (Fsp3) is 0.733. The molecule has 0 bridgehead atoms. The highest BCUT2D eigenvalue weighted by Gasteiger charge is 2.27. The van der Waals surface area contributed by atoms with Gasteiger partial charge in [0.2, 0.25) is 41.1 Å². The molecule has 0 saturated carbocycles. The van der Waals surface area contributed by atoms with Crippen LogP contribution in [0.25, 0.3) is 0 Å². The van der Waals surface area contributed by atoms with E-state index in [1.807, 2.05) is 13.8 Å². The number of amides is 5.